The second-order valence-electron chi connectivity index (χ2n) is 3.57. The summed E-state index contributed by atoms with van der Waals surface area (Å²) in [5.41, 5.74) is 1.68. The Hall–Kier alpha value is -1.13. The van der Waals surface area contributed by atoms with Crippen molar-refractivity contribution in [2.75, 3.05) is 5.32 Å². The SMILES string of the molecule is CCc1nc(CNc2ccc(Cl)c(F)c2)cs1. The first-order valence-electron chi connectivity index (χ1n) is 5.31. The van der Waals surface area contributed by atoms with Gasteiger partial charge < -0.3 is 5.32 Å². The Morgan fingerprint density at radius 2 is 2.29 bits per heavy atom. The Morgan fingerprint density at radius 3 is 2.94 bits per heavy atom. The molecule has 0 saturated heterocycles. The lowest BCUT2D eigenvalue weighted by atomic mass is 10.3. The number of aryl methyl sites for hydroxylation is 1. The van der Waals surface area contributed by atoms with E-state index in [1.165, 1.54) is 12.1 Å². The van der Waals surface area contributed by atoms with Gasteiger partial charge in [0.25, 0.3) is 0 Å². The van der Waals surface area contributed by atoms with Crippen LogP contribution in [0.4, 0.5) is 10.1 Å². The van der Waals surface area contributed by atoms with Crippen molar-refractivity contribution >= 4 is 28.6 Å². The van der Waals surface area contributed by atoms with Gasteiger partial charge in [-0.1, -0.05) is 18.5 Å². The van der Waals surface area contributed by atoms with E-state index in [4.69, 9.17) is 11.6 Å². The zero-order chi connectivity index (χ0) is 12.3. The van der Waals surface area contributed by atoms with Crippen LogP contribution in [-0.4, -0.2) is 4.98 Å². The maximum absolute atomic E-state index is 13.2. The Labute approximate surface area is 108 Å². The highest BCUT2D eigenvalue weighted by Gasteiger charge is 2.02. The van der Waals surface area contributed by atoms with Crippen molar-refractivity contribution in [2.24, 2.45) is 0 Å². The van der Waals surface area contributed by atoms with Crippen LogP contribution in [0.2, 0.25) is 5.02 Å². The summed E-state index contributed by atoms with van der Waals surface area (Å²) >= 11 is 7.25. The van der Waals surface area contributed by atoms with Crippen molar-refractivity contribution in [3.63, 3.8) is 0 Å². The zero-order valence-corrected chi connectivity index (χ0v) is 10.9. The Kier molecular flexibility index (Phi) is 3.97. The molecule has 2 nitrogen and oxygen atoms in total. The molecule has 2 aromatic rings. The van der Waals surface area contributed by atoms with Crippen LogP contribution in [0.5, 0.6) is 0 Å². The van der Waals surface area contributed by atoms with Crippen LogP contribution in [0.25, 0.3) is 0 Å². The molecular weight excluding hydrogens is 259 g/mol. The lowest BCUT2D eigenvalue weighted by molar-refractivity contribution is 0.628. The number of nitrogens with zero attached hydrogens (tertiary/aromatic N) is 1. The molecule has 1 heterocycles. The van der Waals surface area contributed by atoms with Crippen LogP contribution < -0.4 is 5.32 Å². The van der Waals surface area contributed by atoms with Crippen LogP contribution in [-0.2, 0) is 13.0 Å². The zero-order valence-electron chi connectivity index (χ0n) is 9.34. The number of hydrogen-bond donors (Lipinski definition) is 1. The fourth-order valence-electron chi connectivity index (χ4n) is 1.39. The minimum absolute atomic E-state index is 0.137. The number of thiazole rings is 1. The van der Waals surface area contributed by atoms with Gasteiger partial charge in [-0.05, 0) is 24.6 Å². The Morgan fingerprint density at radius 1 is 1.47 bits per heavy atom. The van der Waals surface area contributed by atoms with Crippen molar-refractivity contribution in [3.05, 3.63) is 45.1 Å². The summed E-state index contributed by atoms with van der Waals surface area (Å²) in [6.45, 7) is 2.67. The summed E-state index contributed by atoms with van der Waals surface area (Å²) in [7, 11) is 0. The van der Waals surface area contributed by atoms with Crippen molar-refractivity contribution < 1.29 is 4.39 Å². The average Bonchev–Trinajstić information content (AvgIpc) is 2.79. The Balaban J connectivity index is 1.99. The molecule has 2 rings (SSSR count). The normalized spacial score (nSPS) is 10.5. The van der Waals surface area contributed by atoms with Crippen LogP contribution in [0, 0.1) is 5.82 Å². The van der Waals surface area contributed by atoms with Crippen molar-refractivity contribution in [1.29, 1.82) is 0 Å². The number of anilines is 1. The molecule has 5 heteroatoms. The Bertz CT molecular complexity index is 513. The highest BCUT2D eigenvalue weighted by molar-refractivity contribution is 7.09. The minimum Gasteiger partial charge on any atom is -0.379 e. The lowest BCUT2D eigenvalue weighted by Crippen LogP contribution is -2.00. The van der Waals surface area contributed by atoms with E-state index in [0.29, 0.717) is 12.2 Å². The van der Waals surface area contributed by atoms with Gasteiger partial charge >= 0.3 is 0 Å². The molecule has 1 N–H and O–H groups in total. The molecule has 90 valence electrons. The van der Waals surface area contributed by atoms with Crippen molar-refractivity contribution in [3.8, 4) is 0 Å². The maximum Gasteiger partial charge on any atom is 0.143 e. The van der Waals surface area contributed by atoms with Gasteiger partial charge in [0, 0.05) is 11.1 Å². The van der Waals surface area contributed by atoms with Gasteiger partial charge in [-0.2, -0.15) is 0 Å². The molecule has 0 aliphatic rings. The molecule has 0 saturated carbocycles. The molecule has 0 spiro atoms. The summed E-state index contributed by atoms with van der Waals surface area (Å²) in [4.78, 5) is 4.42. The highest BCUT2D eigenvalue weighted by Crippen LogP contribution is 2.19. The van der Waals surface area contributed by atoms with Gasteiger partial charge in [0.15, 0.2) is 0 Å². The number of nitrogens with one attached hydrogen (secondary N) is 1. The van der Waals surface area contributed by atoms with E-state index in [1.54, 1.807) is 17.4 Å². The molecule has 0 bridgehead atoms. The first-order valence-corrected chi connectivity index (χ1v) is 6.57. The summed E-state index contributed by atoms with van der Waals surface area (Å²) in [6.07, 6.45) is 0.945. The van der Waals surface area contributed by atoms with E-state index in [9.17, 15) is 4.39 Å². The van der Waals surface area contributed by atoms with E-state index in [-0.39, 0.29) is 5.02 Å². The molecule has 17 heavy (non-hydrogen) atoms. The number of aromatic nitrogens is 1. The molecule has 0 aliphatic carbocycles. The summed E-state index contributed by atoms with van der Waals surface area (Å²) in [6, 6.07) is 4.67. The first-order chi connectivity index (χ1) is 8.19. The molecule has 0 atom stereocenters. The van der Waals surface area contributed by atoms with Crippen LogP contribution in [0.3, 0.4) is 0 Å². The van der Waals surface area contributed by atoms with Gasteiger partial charge in [-0.3, -0.25) is 0 Å². The second kappa shape index (κ2) is 5.47. The molecule has 1 aromatic carbocycles. The van der Waals surface area contributed by atoms with E-state index in [2.05, 4.69) is 17.2 Å². The van der Waals surface area contributed by atoms with E-state index in [1.807, 2.05) is 5.38 Å². The predicted molar refractivity (Wildman–Crippen MR) is 70.2 cm³/mol. The quantitative estimate of drug-likeness (QED) is 0.904. The first kappa shape index (κ1) is 12.3. The van der Waals surface area contributed by atoms with E-state index >= 15 is 0 Å². The lowest BCUT2D eigenvalue weighted by Gasteiger charge is -2.04. The van der Waals surface area contributed by atoms with Crippen molar-refractivity contribution in [1.82, 2.24) is 4.98 Å². The summed E-state index contributed by atoms with van der Waals surface area (Å²) in [5.74, 6) is -0.413. The third kappa shape index (κ3) is 3.17. The molecule has 0 amide bonds. The minimum atomic E-state index is -0.413. The van der Waals surface area contributed by atoms with Gasteiger partial charge in [-0.25, -0.2) is 9.37 Å². The van der Waals surface area contributed by atoms with Crippen LogP contribution in [0.1, 0.15) is 17.6 Å². The molecule has 0 radical (unpaired) electrons. The molecule has 0 unspecified atom stereocenters. The maximum atomic E-state index is 13.2. The molecule has 0 fully saturated rings. The fraction of sp³-hybridized carbons (Fsp3) is 0.250. The van der Waals surface area contributed by atoms with Crippen LogP contribution >= 0.6 is 22.9 Å². The molecule has 0 aliphatic heterocycles. The number of benzene rings is 1. The molecular formula is C12H12ClFN2S. The standard InChI is InChI=1S/C12H12ClFN2S/c1-2-12-16-9(7-17-12)6-15-8-3-4-10(13)11(14)5-8/h3-5,7,15H,2,6H2,1H3. The molecule has 1 aromatic heterocycles. The number of rotatable bonds is 4. The highest BCUT2D eigenvalue weighted by atomic mass is 35.5. The third-order valence-electron chi connectivity index (χ3n) is 2.29. The summed E-state index contributed by atoms with van der Waals surface area (Å²) < 4.78 is 13.2. The number of hydrogen-bond acceptors (Lipinski definition) is 3. The monoisotopic (exact) mass is 270 g/mol. The van der Waals surface area contributed by atoms with Gasteiger partial charge in [-0.15, -0.1) is 11.3 Å². The predicted octanol–water partition coefficient (Wildman–Crippen LogP) is 4.11. The third-order valence-corrected chi connectivity index (χ3v) is 3.64. The van der Waals surface area contributed by atoms with Gasteiger partial charge in [0.1, 0.15) is 5.82 Å². The van der Waals surface area contributed by atoms with E-state index in [0.717, 1.165) is 17.1 Å². The van der Waals surface area contributed by atoms with Crippen molar-refractivity contribution in [2.45, 2.75) is 19.9 Å². The average molecular weight is 271 g/mol. The van der Waals surface area contributed by atoms with Gasteiger partial charge in [0.05, 0.1) is 22.3 Å². The largest absolute Gasteiger partial charge is 0.379 e. The second-order valence-corrected chi connectivity index (χ2v) is 4.92. The van der Waals surface area contributed by atoms with Gasteiger partial charge in [0.2, 0.25) is 0 Å². The fourth-order valence-corrected chi connectivity index (χ4v) is 2.25. The summed E-state index contributed by atoms with van der Waals surface area (Å²) in [5, 5.41) is 6.38. The van der Waals surface area contributed by atoms with E-state index < -0.39 is 5.82 Å². The smallest absolute Gasteiger partial charge is 0.143 e. The topological polar surface area (TPSA) is 24.9 Å². The van der Waals surface area contributed by atoms with Crippen LogP contribution in [0.15, 0.2) is 23.6 Å². The number of halogens is 2.